The third-order valence-electron chi connectivity index (χ3n) is 3.23. The second kappa shape index (κ2) is 7.55. The van der Waals surface area contributed by atoms with Crippen LogP contribution in [0.15, 0.2) is 30.3 Å². The van der Waals surface area contributed by atoms with Crippen LogP contribution in [0.4, 0.5) is 0 Å². The minimum Gasteiger partial charge on any atom is -0.460 e. The topological polar surface area (TPSA) is 43.4 Å². The number of benzene rings is 1. The van der Waals surface area contributed by atoms with Gasteiger partial charge >= 0.3 is 5.97 Å². The van der Waals surface area contributed by atoms with Gasteiger partial charge in [0.05, 0.1) is 5.92 Å². The summed E-state index contributed by atoms with van der Waals surface area (Å²) in [7, 11) is 0. The van der Waals surface area contributed by atoms with Gasteiger partial charge in [0.15, 0.2) is 0 Å². The van der Waals surface area contributed by atoms with E-state index in [1.165, 1.54) is 11.8 Å². The summed E-state index contributed by atoms with van der Waals surface area (Å²) in [5, 5.41) is 0.442. The van der Waals surface area contributed by atoms with Crippen LogP contribution in [0.2, 0.25) is 0 Å². The van der Waals surface area contributed by atoms with E-state index >= 15 is 0 Å². The summed E-state index contributed by atoms with van der Waals surface area (Å²) < 4.78 is 5.44. The number of hydrogen-bond donors (Lipinski definition) is 0. The van der Waals surface area contributed by atoms with E-state index in [9.17, 15) is 9.59 Å². The zero-order valence-corrected chi connectivity index (χ0v) is 14.8. The maximum Gasteiger partial charge on any atom is 0.310 e. The van der Waals surface area contributed by atoms with E-state index in [4.69, 9.17) is 4.74 Å². The van der Waals surface area contributed by atoms with Crippen LogP contribution < -0.4 is 0 Å². The van der Waals surface area contributed by atoms with Crippen LogP contribution in [-0.2, 0) is 9.53 Å². The number of hydrogen-bond acceptors (Lipinski definition) is 5. The van der Waals surface area contributed by atoms with E-state index in [1.807, 2.05) is 51.1 Å². The fourth-order valence-corrected chi connectivity index (χ4v) is 4.71. The molecule has 1 saturated heterocycles. The number of esters is 1. The smallest absolute Gasteiger partial charge is 0.310 e. The number of carbonyl (C=O) groups excluding carboxylic acids is 2. The minimum atomic E-state index is -0.433. The Balaban J connectivity index is 1.77. The molecule has 1 aliphatic rings. The Kier molecular flexibility index (Phi) is 5.98. The van der Waals surface area contributed by atoms with Crippen molar-refractivity contribution < 1.29 is 14.3 Å². The van der Waals surface area contributed by atoms with E-state index in [-0.39, 0.29) is 17.0 Å². The van der Waals surface area contributed by atoms with E-state index in [0.29, 0.717) is 5.25 Å². The van der Waals surface area contributed by atoms with Crippen molar-refractivity contribution >= 4 is 34.6 Å². The molecule has 120 valence electrons. The summed E-state index contributed by atoms with van der Waals surface area (Å²) in [4.78, 5) is 24.1. The van der Waals surface area contributed by atoms with Crippen LogP contribution >= 0.6 is 23.5 Å². The summed E-state index contributed by atoms with van der Waals surface area (Å²) in [5.41, 5.74) is 0.303. The van der Waals surface area contributed by atoms with Crippen LogP contribution in [-0.4, -0.2) is 33.4 Å². The molecule has 22 heavy (non-hydrogen) atoms. The first kappa shape index (κ1) is 17.4. The summed E-state index contributed by atoms with van der Waals surface area (Å²) in [6, 6.07) is 9.31. The van der Waals surface area contributed by atoms with Crippen molar-refractivity contribution in [2.45, 2.75) is 38.0 Å². The highest BCUT2D eigenvalue weighted by molar-refractivity contribution is 8.15. The average Bonchev–Trinajstić information content (AvgIpc) is 2.93. The predicted molar refractivity (Wildman–Crippen MR) is 93.4 cm³/mol. The normalized spacial score (nSPS) is 21.6. The van der Waals surface area contributed by atoms with Gasteiger partial charge in [-0.25, -0.2) is 0 Å². The molecule has 2 atom stereocenters. The Labute approximate surface area is 140 Å². The minimum absolute atomic E-state index is 0.0401. The summed E-state index contributed by atoms with van der Waals surface area (Å²) in [6.07, 6.45) is 0.800. The van der Waals surface area contributed by atoms with Crippen molar-refractivity contribution in [3.05, 3.63) is 35.9 Å². The van der Waals surface area contributed by atoms with Crippen molar-refractivity contribution in [2.75, 3.05) is 11.5 Å². The fraction of sp³-hybridized carbons (Fsp3) is 0.529. The first-order valence-corrected chi connectivity index (χ1v) is 9.45. The van der Waals surface area contributed by atoms with Gasteiger partial charge in [-0.2, -0.15) is 11.8 Å². The lowest BCUT2D eigenvalue weighted by Gasteiger charge is -2.21. The van der Waals surface area contributed by atoms with Gasteiger partial charge in [-0.15, -0.1) is 0 Å². The highest BCUT2D eigenvalue weighted by Crippen LogP contribution is 2.35. The lowest BCUT2D eigenvalue weighted by molar-refractivity contribution is -0.159. The predicted octanol–water partition coefficient (Wildman–Crippen LogP) is 4.02. The molecule has 0 radical (unpaired) electrons. The van der Waals surface area contributed by atoms with Gasteiger partial charge in [0.2, 0.25) is 5.12 Å². The highest BCUT2D eigenvalue weighted by atomic mass is 32.2. The van der Waals surface area contributed by atoms with Gasteiger partial charge in [0.25, 0.3) is 0 Å². The SMILES string of the molecule is CC(C)(C)OC(=O)C1CSC(CSC(=O)c2ccccc2)C1. The van der Waals surface area contributed by atoms with Crippen LogP contribution in [0.3, 0.4) is 0 Å². The molecule has 3 nitrogen and oxygen atoms in total. The van der Waals surface area contributed by atoms with E-state index < -0.39 is 5.60 Å². The zero-order valence-electron chi connectivity index (χ0n) is 13.2. The maximum atomic E-state index is 12.1. The quantitative estimate of drug-likeness (QED) is 0.776. The van der Waals surface area contributed by atoms with Crippen molar-refractivity contribution in [1.29, 1.82) is 0 Å². The van der Waals surface area contributed by atoms with Crippen molar-refractivity contribution in [2.24, 2.45) is 5.92 Å². The Morgan fingerprint density at radius 2 is 1.95 bits per heavy atom. The summed E-state index contributed by atoms with van der Waals surface area (Å²) in [6.45, 7) is 5.66. The molecule has 1 aromatic rings. The lowest BCUT2D eigenvalue weighted by atomic mass is 10.1. The largest absolute Gasteiger partial charge is 0.460 e. The molecule has 5 heteroatoms. The first-order chi connectivity index (χ1) is 10.3. The van der Waals surface area contributed by atoms with Crippen LogP contribution in [0.5, 0.6) is 0 Å². The van der Waals surface area contributed by atoms with Crippen molar-refractivity contribution in [1.82, 2.24) is 0 Å². The second-order valence-electron chi connectivity index (χ2n) is 6.39. The third-order valence-corrected chi connectivity index (χ3v) is 5.93. The molecule has 1 aromatic carbocycles. The number of ether oxygens (including phenoxy) is 1. The fourth-order valence-electron chi connectivity index (χ4n) is 2.20. The Morgan fingerprint density at radius 1 is 1.27 bits per heavy atom. The first-order valence-electron chi connectivity index (χ1n) is 7.42. The molecule has 2 unspecified atom stereocenters. The third kappa shape index (κ3) is 5.36. The lowest BCUT2D eigenvalue weighted by Crippen LogP contribution is -2.29. The second-order valence-corrected chi connectivity index (χ2v) is 8.71. The molecule has 1 fully saturated rings. The zero-order chi connectivity index (χ0) is 16.2. The van der Waals surface area contributed by atoms with E-state index in [0.717, 1.165) is 23.5 Å². The average molecular weight is 338 g/mol. The molecule has 0 spiro atoms. The van der Waals surface area contributed by atoms with Gasteiger partial charge in [-0.1, -0.05) is 42.1 Å². The number of rotatable bonds is 4. The molecule has 0 aliphatic carbocycles. The highest BCUT2D eigenvalue weighted by Gasteiger charge is 2.33. The van der Waals surface area contributed by atoms with Crippen LogP contribution in [0.25, 0.3) is 0 Å². The maximum absolute atomic E-state index is 12.1. The van der Waals surface area contributed by atoms with Gasteiger partial charge in [-0.05, 0) is 27.2 Å². The van der Waals surface area contributed by atoms with Gasteiger partial charge in [-0.3, -0.25) is 9.59 Å². The van der Waals surface area contributed by atoms with Crippen molar-refractivity contribution in [3.8, 4) is 0 Å². The van der Waals surface area contributed by atoms with Gasteiger partial charge in [0.1, 0.15) is 5.60 Å². The van der Waals surface area contributed by atoms with Gasteiger partial charge in [0, 0.05) is 22.3 Å². The summed E-state index contributed by atoms with van der Waals surface area (Å²) >= 11 is 3.11. The summed E-state index contributed by atoms with van der Waals surface area (Å²) in [5.74, 6) is 1.39. The van der Waals surface area contributed by atoms with Crippen molar-refractivity contribution in [3.63, 3.8) is 0 Å². The number of thioether (sulfide) groups is 2. The van der Waals surface area contributed by atoms with Crippen LogP contribution in [0.1, 0.15) is 37.6 Å². The molecule has 0 bridgehead atoms. The van der Waals surface area contributed by atoms with E-state index in [2.05, 4.69) is 0 Å². The molecular weight excluding hydrogens is 316 g/mol. The molecular formula is C17H22O3S2. The molecule has 1 aliphatic heterocycles. The molecule has 2 rings (SSSR count). The Morgan fingerprint density at radius 3 is 2.59 bits per heavy atom. The molecule has 0 aromatic heterocycles. The molecule has 1 heterocycles. The van der Waals surface area contributed by atoms with Crippen LogP contribution in [0, 0.1) is 5.92 Å². The molecule has 0 saturated carbocycles. The monoisotopic (exact) mass is 338 g/mol. The van der Waals surface area contributed by atoms with Gasteiger partial charge < -0.3 is 4.74 Å². The van der Waals surface area contributed by atoms with E-state index in [1.54, 1.807) is 11.8 Å². The standard InChI is InChI=1S/C17H22O3S2/c1-17(2,3)20-15(18)13-9-14(21-10-13)11-22-16(19)12-7-5-4-6-8-12/h4-8,13-14H,9-11H2,1-3H3. The molecule has 0 N–H and O–H groups in total. The Hall–Kier alpha value is -0.940. The molecule has 0 amide bonds. The number of carbonyl (C=O) groups is 2. The Bertz CT molecular complexity index is 522.